The highest BCUT2D eigenvalue weighted by Crippen LogP contribution is 2.20. The highest BCUT2D eigenvalue weighted by atomic mass is 16.5. The lowest BCUT2D eigenvalue weighted by Gasteiger charge is -2.33. The van der Waals surface area contributed by atoms with E-state index in [1.807, 2.05) is 49.9 Å². The van der Waals surface area contributed by atoms with Gasteiger partial charge in [0, 0.05) is 24.1 Å². The molecule has 1 atom stereocenters. The number of ether oxygens (including phenoxy) is 1. The fraction of sp³-hybridized carbons (Fsp3) is 0.444. The molecule has 23 heavy (non-hydrogen) atoms. The zero-order valence-corrected chi connectivity index (χ0v) is 14.0. The number of hydrogen-bond donors (Lipinski definition) is 0. The van der Waals surface area contributed by atoms with Crippen molar-refractivity contribution in [2.24, 2.45) is 0 Å². The van der Waals surface area contributed by atoms with E-state index in [9.17, 15) is 4.79 Å². The van der Waals surface area contributed by atoms with Crippen LogP contribution in [0, 0.1) is 13.8 Å². The number of amides is 1. The third-order valence-electron chi connectivity index (χ3n) is 4.48. The molecule has 0 aliphatic carbocycles. The number of carbonyl (C=O) groups is 1. The predicted molar refractivity (Wildman–Crippen MR) is 88.6 cm³/mol. The topological polar surface area (TPSA) is 47.4 Å². The van der Waals surface area contributed by atoms with Gasteiger partial charge in [-0.3, -0.25) is 9.78 Å². The SMILES string of the molecule is Cc1cc(C(=O)N2CCOCC2C)c(C)n1Cc1ccccn1. The molecule has 2 aromatic rings. The molecule has 5 nitrogen and oxygen atoms in total. The molecule has 0 spiro atoms. The Morgan fingerprint density at radius 2 is 2.22 bits per heavy atom. The minimum atomic E-state index is 0.0983. The zero-order valence-electron chi connectivity index (χ0n) is 14.0. The van der Waals surface area contributed by atoms with Crippen molar-refractivity contribution in [2.45, 2.75) is 33.4 Å². The maximum absolute atomic E-state index is 12.9. The van der Waals surface area contributed by atoms with Crippen molar-refractivity contribution >= 4 is 5.91 Å². The Morgan fingerprint density at radius 3 is 2.91 bits per heavy atom. The first kappa shape index (κ1) is 15.7. The van der Waals surface area contributed by atoms with Gasteiger partial charge in [-0.05, 0) is 39.0 Å². The van der Waals surface area contributed by atoms with Gasteiger partial charge in [-0.25, -0.2) is 0 Å². The van der Waals surface area contributed by atoms with Crippen LogP contribution in [-0.2, 0) is 11.3 Å². The van der Waals surface area contributed by atoms with E-state index in [0.29, 0.717) is 26.3 Å². The van der Waals surface area contributed by atoms with Crippen molar-refractivity contribution in [1.82, 2.24) is 14.5 Å². The Hall–Kier alpha value is -2.14. The van der Waals surface area contributed by atoms with Crippen LogP contribution in [-0.4, -0.2) is 46.2 Å². The lowest BCUT2D eigenvalue weighted by Crippen LogP contribution is -2.47. The summed E-state index contributed by atoms with van der Waals surface area (Å²) in [6, 6.07) is 8.01. The molecule has 0 radical (unpaired) electrons. The fourth-order valence-electron chi connectivity index (χ4n) is 3.10. The summed E-state index contributed by atoms with van der Waals surface area (Å²) < 4.78 is 7.58. The summed E-state index contributed by atoms with van der Waals surface area (Å²) in [5, 5.41) is 0. The quantitative estimate of drug-likeness (QED) is 0.874. The standard InChI is InChI=1S/C18H23N3O2/c1-13-10-17(18(22)20-8-9-23-12-14(20)2)15(3)21(13)11-16-6-4-5-7-19-16/h4-7,10,14H,8-9,11-12H2,1-3H3. The van der Waals surface area contributed by atoms with Crippen molar-refractivity contribution in [3.05, 3.63) is 53.1 Å². The van der Waals surface area contributed by atoms with Crippen molar-refractivity contribution in [1.29, 1.82) is 0 Å². The maximum atomic E-state index is 12.9. The Balaban J connectivity index is 1.86. The molecular weight excluding hydrogens is 290 g/mol. The van der Waals surface area contributed by atoms with Gasteiger partial charge in [-0.15, -0.1) is 0 Å². The Kier molecular flexibility index (Phi) is 4.48. The molecule has 122 valence electrons. The van der Waals surface area contributed by atoms with Gasteiger partial charge in [0.1, 0.15) is 0 Å². The number of aryl methyl sites for hydroxylation is 1. The van der Waals surface area contributed by atoms with Crippen LogP contribution in [0.4, 0.5) is 0 Å². The molecule has 1 saturated heterocycles. The molecule has 3 heterocycles. The maximum Gasteiger partial charge on any atom is 0.256 e. The molecule has 0 N–H and O–H groups in total. The Morgan fingerprint density at radius 1 is 1.39 bits per heavy atom. The van der Waals surface area contributed by atoms with Crippen molar-refractivity contribution < 1.29 is 9.53 Å². The summed E-state index contributed by atoms with van der Waals surface area (Å²) in [4.78, 5) is 19.2. The average Bonchev–Trinajstić information content (AvgIpc) is 2.84. The molecule has 2 aromatic heterocycles. The largest absolute Gasteiger partial charge is 0.377 e. The van der Waals surface area contributed by atoms with E-state index in [1.165, 1.54) is 0 Å². The van der Waals surface area contributed by atoms with Gasteiger partial charge in [0.15, 0.2) is 0 Å². The summed E-state index contributed by atoms with van der Waals surface area (Å²) in [5.74, 6) is 0.0983. The highest BCUT2D eigenvalue weighted by molar-refractivity contribution is 5.96. The van der Waals surface area contributed by atoms with E-state index in [1.54, 1.807) is 6.20 Å². The van der Waals surface area contributed by atoms with E-state index >= 15 is 0 Å². The van der Waals surface area contributed by atoms with Crippen molar-refractivity contribution in [3.63, 3.8) is 0 Å². The molecular formula is C18H23N3O2. The van der Waals surface area contributed by atoms with Crippen LogP contribution < -0.4 is 0 Å². The summed E-state index contributed by atoms with van der Waals surface area (Å²) in [7, 11) is 0. The van der Waals surface area contributed by atoms with E-state index in [0.717, 1.165) is 22.6 Å². The molecule has 1 aliphatic rings. The van der Waals surface area contributed by atoms with Crippen LogP contribution in [0.3, 0.4) is 0 Å². The van der Waals surface area contributed by atoms with Crippen LogP contribution in [0.25, 0.3) is 0 Å². The number of rotatable bonds is 3. The molecule has 0 aromatic carbocycles. The number of nitrogens with zero attached hydrogens (tertiary/aromatic N) is 3. The van der Waals surface area contributed by atoms with Crippen molar-refractivity contribution in [3.8, 4) is 0 Å². The second-order valence-corrected chi connectivity index (χ2v) is 6.11. The zero-order chi connectivity index (χ0) is 16.4. The van der Waals surface area contributed by atoms with Crippen LogP contribution in [0.2, 0.25) is 0 Å². The molecule has 1 fully saturated rings. The van der Waals surface area contributed by atoms with Crippen LogP contribution in [0.15, 0.2) is 30.5 Å². The highest BCUT2D eigenvalue weighted by Gasteiger charge is 2.27. The number of aromatic nitrogens is 2. The summed E-state index contributed by atoms with van der Waals surface area (Å²) >= 11 is 0. The van der Waals surface area contributed by atoms with E-state index < -0.39 is 0 Å². The van der Waals surface area contributed by atoms with Gasteiger partial charge in [-0.2, -0.15) is 0 Å². The molecule has 1 amide bonds. The summed E-state index contributed by atoms with van der Waals surface area (Å²) in [6.45, 7) is 8.64. The summed E-state index contributed by atoms with van der Waals surface area (Å²) in [5.41, 5.74) is 3.86. The molecule has 1 unspecified atom stereocenters. The lowest BCUT2D eigenvalue weighted by atomic mass is 10.1. The first-order valence-corrected chi connectivity index (χ1v) is 8.03. The Labute approximate surface area is 136 Å². The molecule has 0 bridgehead atoms. The van der Waals surface area contributed by atoms with E-state index in [4.69, 9.17) is 4.74 Å². The van der Waals surface area contributed by atoms with Gasteiger partial charge in [-0.1, -0.05) is 6.07 Å². The second-order valence-electron chi connectivity index (χ2n) is 6.11. The van der Waals surface area contributed by atoms with Gasteiger partial charge in [0.05, 0.1) is 37.1 Å². The number of hydrogen-bond acceptors (Lipinski definition) is 3. The monoisotopic (exact) mass is 313 g/mol. The van der Waals surface area contributed by atoms with Gasteiger partial charge < -0.3 is 14.2 Å². The van der Waals surface area contributed by atoms with Gasteiger partial charge in [0.2, 0.25) is 0 Å². The van der Waals surface area contributed by atoms with Gasteiger partial charge in [0.25, 0.3) is 5.91 Å². The van der Waals surface area contributed by atoms with Gasteiger partial charge >= 0.3 is 0 Å². The number of pyridine rings is 1. The molecule has 0 saturated carbocycles. The fourth-order valence-corrected chi connectivity index (χ4v) is 3.10. The first-order chi connectivity index (χ1) is 11.1. The van der Waals surface area contributed by atoms with E-state index in [-0.39, 0.29) is 11.9 Å². The minimum absolute atomic E-state index is 0.0983. The predicted octanol–water partition coefficient (Wildman–Crippen LogP) is 2.41. The second kappa shape index (κ2) is 6.54. The number of morpholine rings is 1. The summed E-state index contributed by atoms with van der Waals surface area (Å²) in [6.07, 6.45) is 1.80. The lowest BCUT2D eigenvalue weighted by molar-refractivity contribution is 0.00355. The first-order valence-electron chi connectivity index (χ1n) is 8.03. The van der Waals surface area contributed by atoms with E-state index in [2.05, 4.69) is 9.55 Å². The minimum Gasteiger partial charge on any atom is -0.377 e. The van der Waals surface area contributed by atoms with Crippen LogP contribution in [0.5, 0.6) is 0 Å². The molecule has 5 heteroatoms. The van der Waals surface area contributed by atoms with Crippen molar-refractivity contribution in [2.75, 3.05) is 19.8 Å². The smallest absolute Gasteiger partial charge is 0.256 e. The molecule has 1 aliphatic heterocycles. The normalized spacial score (nSPS) is 18.2. The average molecular weight is 313 g/mol. The van der Waals surface area contributed by atoms with Crippen LogP contribution in [0.1, 0.15) is 34.4 Å². The molecule has 3 rings (SSSR count). The number of carbonyl (C=O) groups excluding carboxylic acids is 1. The van der Waals surface area contributed by atoms with Crippen LogP contribution >= 0.6 is 0 Å². The third-order valence-corrected chi connectivity index (χ3v) is 4.48. The third kappa shape index (κ3) is 3.15. The Bertz CT molecular complexity index is 694.